The van der Waals surface area contributed by atoms with Crippen LogP contribution in [0.15, 0.2) is 18.2 Å². The van der Waals surface area contributed by atoms with Crippen LogP contribution in [0, 0.1) is 13.8 Å². The highest BCUT2D eigenvalue weighted by molar-refractivity contribution is 5.97. The summed E-state index contributed by atoms with van der Waals surface area (Å²) in [6.07, 6.45) is 0. The smallest absolute Gasteiger partial charge is 0.335 e. The number of carboxylic acids is 1. The average molecular weight is 216 g/mol. The Hall–Kier alpha value is -2.10. The number of nitrogens with two attached hydrogens (primary N) is 1. The molecule has 1 heterocycles. The Labute approximate surface area is 92.7 Å². The number of carboxylic acid groups (broad SMARTS) is 1. The van der Waals surface area contributed by atoms with Crippen LogP contribution in [0.25, 0.3) is 10.9 Å². The van der Waals surface area contributed by atoms with Gasteiger partial charge in [0.2, 0.25) is 0 Å². The number of anilines is 1. The number of aromatic nitrogens is 1. The Balaban J connectivity index is 2.84. The molecule has 0 saturated carbocycles. The number of nitrogen functional groups attached to an aromatic ring is 1. The molecule has 0 fully saturated rings. The van der Waals surface area contributed by atoms with Crippen LogP contribution in [-0.2, 0) is 0 Å². The Morgan fingerprint density at radius 2 is 2.06 bits per heavy atom. The van der Waals surface area contributed by atoms with E-state index in [1.54, 1.807) is 19.1 Å². The van der Waals surface area contributed by atoms with Gasteiger partial charge in [0.25, 0.3) is 0 Å². The number of aryl methyl sites for hydroxylation is 2. The lowest BCUT2D eigenvalue weighted by atomic mass is 10.0. The first-order valence-electron chi connectivity index (χ1n) is 4.90. The predicted molar refractivity (Wildman–Crippen MR) is 62.6 cm³/mol. The number of hydrogen-bond acceptors (Lipinski definition) is 3. The van der Waals surface area contributed by atoms with Crippen molar-refractivity contribution < 1.29 is 9.90 Å². The molecule has 0 unspecified atom stereocenters. The number of benzene rings is 1. The van der Waals surface area contributed by atoms with Gasteiger partial charge in [-0.2, -0.15) is 0 Å². The third kappa shape index (κ3) is 1.48. The number of hydrogen-bond donors (Lipinski definition) is 2. The molecule has 0 bridgehead atoms. The molecular weight excluding hydrogens is 204 g/mol. The lowest BCUT2D eigenvalue weighted by Gasteiger charge is -2.07. The lowest BCUT2D eigenvalue weighted by Crippen LogP contribution is -2.02. The maximum absolute atomic E-state index is 11.0. The molecule has 3 N–H and O–H groups in total. The molecule has 2 rings (SSSR count). The van der Waals surface area contributed by atoms with Gasteiger partial charge in [0.05, 0.1) is 11.1 Å². The van der Waals surface area contributed by atoms with Crippen LogP contribution in [0.5, 0.6) is 0 Å². The maximum atomic E-state index is 11.0. The van der Waals surface area contributed by atoms with Crippen molar-refractivity contribution in [2.75, 3.05) is 5.73 Å². The van der Waals surface area contributed by atoms with Crippen molar-refractivity contribution in [2.45, 2.75) is 13.8 Å². The van der Waals surface area contributed by atoms with Gasteiger partial charge in [-0.25, -0.2) is 9.78 Å². The summed E-state index contributed by atoms with van der Waals surface area (Å²) in [6.45, 7) is 3.64. The van der Waals surface area contributed by atoms with Crippen LogP contribution in [-0.4, -0.2) is 16.1 Å². The normalized spacial score (nSPS) is 10.6. The first-order chi connectivity index (χ1) is 7.50. The molecule has 2 aromatic rings. The van der Waals surface area contributed by atoms with Crippen molar-refractivity contribution in [3.05, 3.63) is 34.9 Å². The van der Waals surface area contributed by atoms with Gasteiger partial charge < -0.3 is 10.8 Å². The molecule has 1 aromatic carbocycles. The molecule has 0 amide bonds. The van der Waals surface area contributed by atoms with E-state index in [2.05, 4.69) is 4.98 Å². The molecule has 0 saturated heterocycles. The van der Waals surface area contributed by atoms with Crippen LogP contribution >= 0.6 is 0 Å². The minimum absolute atomic E-state index is 0.304. The quantitative estimate of drug-likeness (QED) is 0.765. The highest BCUT2D eigenvalue weighted by Crippen LogP contribution is 2.23. The summed E-state index contributed by atoms with van der Waals surface area (Å²) in [5.74, 6) is -0.441. The Kier molecular flexibility index (Phi) is 2.27. The molecule has 1 aromatic heterocycles. The Morgan fingerprint density at radius 1 is 1.38 bits per heavy atom. The number of rotatable bonds is 1. The zero-order chi connectivity index (χ0) is 11.9. The van der Waals surface area contributed by atoms with Crippen LogP contribution in [0.3, 0.4) is 0 Å². The van der Waals surface area contributed by atoms with Gasteiger partial charge in [0.1, 0.15) is 5.82 Å². The molecule has 4 nitrogen and oxygen atoms in total. The SMILES string of the molecule is Cc1cc2c(C)c(C(=O)O)ccc2nc1N. The highest BCUT2D eigenvalue weighted by Gasteiger charge is 2.11. The van der Waals surface area contributed by atoms with Crippen molar-refractivity contribution in [2.24, 2.45) is 0 Å². The second kappa shape index (κ2) is 3.48. The van der Waals surface area contributed by atoms with Crippen LogP contribution in [0.2, 0.25) is 0 Å². The monoisotopic (exact) mass is 216 g/mol. The van der Waals surface area contributed by atoms with E-state index < -0.39 is 5.97 Å². The number of carbonyl (C=O) groups is 1. The van der Waals surface area contributed by atoms with Gasteiger partial charge in [-0.15, -0.1) is 0 Å². The molecule has 82 valence electrons. The second-order valence-corrected chi connectivity index (χ2v) is 3.80. The average Bonchev–Trinajstić information content (AvgIpc) is 2.21. The van der Waals surface area contributed by atoms with Gasteiger partial charge in [-0.3, -0.25) is 0 Å². The lowest BCUT2D eigenvalue weighted by molar-refractivity contribution is 0.0696. The minimum Gasteiger partial charge on any atom is -0.478 e. The van der Waals surface area contributed by atoms with E-state index in [1.165, 1.54) is 0 Å². The summed E-state index contributed by atoms with van der Waals surface area (Å²) in [6, 6.07) is 5.11. The predicted octanol–water partition coefficient (Wildman–Crippen LogP) is 2.13. The molecule has 0 aliphatic rings. The molecule has 0 aliphatic heterocycles. The molecule has 0 aliphatic carbocycles. The molecule has 0 radical (unpaired) electrons. The zero-order valence-electron chi connectivity index (χ0n) is 9.11. The van der Waals surface area contributed by atoms with Crippen molar-refractivity contribution in [1.29, 1.82) is 0 Å². The molecular formula is C12H12N2O2. The third-order valence-corrected chi connectivity index (χ3v) is 2.73. The molecule has 0 spiro atoms. The zero-order valence-corrected chi connectivity index (χ0v) is 9.11. The number of pyridine rings is 1. The summed E-state index contributed by atoms with van der Waals surface area (Å²) in [5.41, 5.74) is 8.32. The highest BCUT2D eigenvalue weighted by atomic mass is 16.4. The van der Waals surface area contributed by atoms with Crippen molar-refractivity contribution in [3.8, 4) is 0 Å². The van der Waals surface area contributed by atoms with E-state index in [-0.39, 0.29) is 0 Å². The fourth-order valence-electron chi connectivity index (χ4n) is 1.73. The summed E-state index contributed by atoms with van der Waals surface area (Å²) >= 11 is 0. The Morgan fingerprint density at radius 3 is 2.69 bits per heavy atom. The molecule has 16 heavy (non-hydrogen) atoms. The minimum atomic E-state index is -0.922. The van der Waals surface area contributed by atoms with E-state index in [1.807, 2.05) is 13.0 Å². The Bertz CT molecular complexity index is 591. The number of nitrogens with zero attached hydrogens (tertiary/aromatic N) is 1. The summed E-state index contributed by atoms with van der Waals surface area (Å²) in [5, 5.41) is 9.84. The van der Waals surface area contributed by atoms with E-state index >= 15 is 0 Å². The largest absolute Gasteiger partial charge is 0.478 e. The van der Waals surface area contributed by atoms with Crippen molar-refractivity contribution in [1.82, 2.24) is 4.98 Å². The van der Waals surface area contributed by atoms with Gasteiger partial charge in [0, 0.05) is 5.39 Å². The van der Waals surface area contributed by atoms with Gasteiger partial charge in [0.15, 0.2) is 0 Å². The molecule has 4 heteroatoms. The van der Waals surface area contributed by atoms with E-state index in [0.717, 1.165) is 22.0 Å². The summed E-state index contributed by atoms with van der Waals surface area (Å²) in [4.78, 5) is 15.2. The van der Waals surface area contributed by atoms with Crippen molar-refractivity contribution >= 4 is 22.7 Å². The van der Waals surface area contributed by atoms with Gasteiger partial charge >= 0.3 is 5.97 Å². The van der Waals surface area contributed by atoms with Crippen molar-refractivity contribution in [3.63, 3.8) is 0 Å². The number of fused-ring (bicyclic) bond motifs is 1. The maximum Gasteiger partial charge on any atom is 0.335 e. The van der Waals surface area contributed by atoms with Crippen LogP contribution in [0.1, 0.15) is 21.5 Å². The summed E-state index contributed by atoms with van der Waals surface area (Å²) in [7, 11) is 0. The first kappa shape index (κ1) is 10.4. The van der Waals surface area contributed by atoms with E-state index in [9.17, 15) is 4.79 Å². The molecule has 0 atom stereocenters. The van der Waals surface area contributed by atoms with Crippen LogP contribution < -0.4 is 5.73 Å². The van der Waals surface area contributed by atoms with E-state index in [4.69, 9.17) is 10.8 Å². The van der Waals surface area contributed by atoms with Crippen LogP contribution in [0.4, 0.5) is 5.82 Å². The fourth-order valence-corrected chi connectivity index (χ4v) is 1.73. The van der Waals surface area contributed by atoms with E-state index in [0.29, 0.717) is 11.4 Å². The number of aromatic carboxylic acids is 1. The summed E-state index contributed by atoms with van der Waals surface area (Å²) < 4.78 is 0. The fraction of sp³-hybridized carbons (Fsp3) is 0.167. The first-order valence-corrected chi connectivity index (χ1v) is 4.90. The standard InChI is InChI=1S/C12H12N2O2/c1-6-5-9-7(2)8(12(15)16)3-4-10(9)14-11(6)13/h3-5H,1-2H3,(H2,13,14)(H,15,16). The van der Waals surface area contributed by atoms with Gasteiger partial charge in [-0.05, 0) is 43.2 Å². The topological polar surface area (TPSA) is 76.2 Å². The van der Waals surface area contributed by atoms with Gasteiger partial charge in [-0.1, -0.05) is 0 Å². The second-order valence-electron chi connectivity index (χ2n) is 3.80. The third-order valence-electron chi connectivity index (χ3n) is 2.73.